The van der Waals surface area contributed by atoms with Crippen molar-refractivity contribution >= 4 is 44.4 Å². The van der Waals surface area contributed by atoms with Gasteiger partial charge < -0.3 is 15.0 Å². The summed E-state index contributed by atoms with van der Waals surface area (Å²) in [7, 11) is -1.95. The zero-order valence-corrected chi connectivity index (χ0v) is 19.6. The second-order valence-corrected chi connectivity index (χ2v) is 10.9. The maximum absolute atomic E-state index is 12.9. The van der Waals surface area contributed by atoms with E-state index in [1.807, 2.05) is 18.2 Å². The zero-order chi connectivity index (χ0) is 22.7. The van der Waals surface area contributed by atoms with Crippen molar-refractivity contribution < 1.29 is 17.9 Å². The number of imidazole rings is 1. The maximum Gasteiger partial charge on any atom is 0.243 e. The van der Waals surface area contributed by atoms with Crippen molar-refractivity contribution in [1.29, 1.82) is 0 Å². The van der Waals surface area contributed by atoms with E-state index in [-0.39, 0.29) is 10.8 Å². The standard InChI is InChI=1S/C22H26N4O4S2/c1-15(31-22-24-19-10-9-17(30-2)14-20(19)25-22)21(27)23-16-7-6-8-18(13-16)32(28,29)26-11-4-3-5-12-26/h6-10,13-15H,3-5,11-12H2,1-2H3,(H,23,27)(H,24,25)/t15-/m0/s1. The first kappa shape index (κ1) is 22.6. The molecule has 1 aliphatic rings. The molecule has 2 heterocycles. The maximum atomic E-state index is 12.9. The van der Waals surface area contributed by atoms with Crippen LogP contribution in [0.4, 0.5) is 5.69 Å². The number of anilines is 1. The molecular formula is C22H26N4O4S2. The first-order valence-electron chi connectivity index (χ1n) is 10.5. The summed E-state index contributed by atoms with van der Waals surface area (Å²) in [4.78, 5) is 20.6. The van der Waals surface area contributed by atoms with Crippen molar-refractivity contribution in [3.63, 3.8) is 0 Å². The van der Waals surface area contributed by atoms with Crippen molar-refractivity contribution in [3.05, 3.63) is 42.5 Å². The van der Waals surface area contributed by atoms with Crippen LogP contribution in [0.15, 0.2) is 52.5 Å². The highest BCUT2D eigenvalue weighted by molar-refractivity contribution is 8.00. The molecule has 2 N–H and O–H groups in total. The van der Waals surface area contributed by atoms with Gasteiger partial charge in [-0.05, 0) is 50.1 Å². The number of nitrogens with zero attached hydrogens (tertiary/aromatic N) is 2. The van der Waals surface area contributed by atoms with Gasteiger partial charge in [0.15, 0.2) is 5.16 Å². The minimum Gasteiger partial charge on any atom is -0.497 e. The van der Waals surface area contributed by atoms with Crippen molar-refractivity contribution in [3.8, 4) is 5.75 Å². The van der Waals surface area contributed by atoms with Gasteiger partial charge in [0.05, 0.1) is 28.3 Å². The van der Waals surface area contributed by atoms with E-state index >= 15 is 0 Å². The minimum absolute atomic E-state index is 0.198. The monoisotopic (exact) mass is 474 g/mol. The number of fused-ring (bicyclic) bond motifs is 1. The Kier molecular flexibility index (Phi) is 6.73. The Morgan fingerprint density at radius 1 is 1.19 bits per heavy atom. The second-order valence-electron chi connectivity index (χ2n) is 7.67. The SMILES string of the molecule is COc1ccc2nc(S[C@@H](C)C(=O)Nc3cccc(S(=O)(=O)N4CCCCC4)c3)[nH]c2c1. The number of H-pyrrole nitrogens is 1. The lowest BCUT2D eigenvalue weighted by Crippen LogP contribution is -2.35. The average molecular weight is 475 g/mol. The molecule has 0 spiro atoms. The number of ether oxygens (including phenoxy) is 1. The van der Waals surface area contributed by atoms with Gasteiger partial charge >= 0.3 is 0 Å². The predicted octanol–water partition coefficient (Wildman–Crippen LogP) is 3.87. The Labute approximate surface area is 191 Å². The molecule has 0 aliphatic carbocycles. The molecule has 0 saturated carbocycles. The molecular weight excluding hydrogens is 448 g/mol. The van der Waals surface area contributed by atoms with Crippen molar-refractivity contribution in [1.82, 2.24) is 14.3 Å². The average Bonchev–Trinajstić information content (AvgIpc) is 3.21. The molecule has 10 heteroatoms. The number of piperidine rings is 1. The molecule has 1 aromatic heterocycles. The summed E-state index contributed by atoms with van der Waals surface area (Å²) < 4.78 is 32.6. The number of carbonyl (C=O) groups is 1. The highest BCUT2D eigenvalue weighted by Crippen LogP contribution is 2.27. The molecule has 1 saturated heterocycles. The van der Waals surface area contributed by atoms with Crippen LogP contribution in [0.1, 0.15) is 26.2 Å². The second kappa shape index (κ2) is 9.51. The fraction of sp³-hybridized carbons (Fsp3) is 0.364. The number of thioether (sulfide) groups is 1. The summed E-state index contributed by atoms with van der Waals surface area (Å²) in [5.74, 6) is 0.489. The number of hydrogen-bond donors (Lipinski definition) is 2. The van der Waals surface area contributed by atoms with Crippen molar-refractivity contribution in [2.75, 3.05) is 25.5 Å². The first-order chi connectivity index (χ1) is 15.4. The lowest BCUT2D eigenvalue weighted by atomic mass is 10.2. The summed E-state index contributed by atoms with van der Waals surface area (Å²) in [6.45, 7) is 2.86. The Balaban J connectivity index is 1.44. The fourth-order valence-electron chi connectivity index (χ4n) is 3.60. The molecule has 170 valence electrons. The normalized spacial score (nSPS) is 16.1. The predicted molar refractivity (Wildman–Crippen MR) is 126 cm³/mol. The van der Waals surface area contributed by atoms with Crippen LogP contribution in [-0.4, -0.2) is 54.0 Å². The van der Waals surface area contributed by atoms with Crippen LogP contribution in [0.25, 0.3) is 11.0 Å². The van der Waals surface area contributed by atoms with E-state index in [0.29, 0.717) is 23.9 Å². The van der Waals surface area contributed by atoms with Gasteiger partial charge in [-0.15, -0.1) is 0 Å². The molecule has 1 aliphatic heterocycles. The molecule has 4 rings (SSSR count). The molecule has 2 aromatic carbocycles. The summed E-state index contributed by atoms with van der Waals surface area (Å²) in [5, 5.41) is 3.00. The van der Waals surface area contributed by atoms with Crippen LogP contribution in [-0.2, 0) is 14.8 Å². The van der Waals surface area contributed by atoms with E-state index in [1.165, 1.54) is 22.1 Å². The van der Waals surface area contributed by atoms with Gasteiger partial charge in [0, 0.05) is 24.8 Å². The van der Waals surface area contributed by atoms with E-state index in [0.717, 1.165) is 36.0 Å². The van der Waals surface area contributed by atoms with Crippen LogP contribution in [0.2, 0.25) is 0 Å². The van der Waals surface area contributed by atoms with Gasteiger partial charge in [-0.25, -0.2) is 13.4 Å². The zero-order valence-electron chi connectivity index (χ0n) is 18.0. The van der Waals surface area contributed by atoms with Gasteiger partial charge in [-0.3, -0.25) is 4.79 Å². The lowest BCUT2D eigenvalue weighted by molar-refractivity contribution is -0.115. The summed E-state index contributed by atoms with van der Waals surface area (Å²) in [5.41, 5.74) is 2.07. The van der Waals surface area contributed by atoms with E-state index < -0.39 is 15.3 Å². The van der Waals surface area contributed by atoms with Gasteiger partial charge in [-0.1, -0.05) is 24.2 Å². The highest BCUT2D eigenvalue weighted by Gasteiger charge is 2.26. The number of sulfonamides is 1. The summed E-state index contributed by atoms with van der Waals surface area (Å²) in [6, 6.07) is 12.0. The lowest BCUT2D eigenvalue weighted by Gasteiger charge is -2.26. The van der Waals surface area contributed by atoms with Gasteiger partial charge in [0.1, 0.15) is 5.75 Å². The van der Waals surface area contributed by atoms with Gasteiger partial charge in [0.2, 0.25) is 15.9 Å². The fourth-order valence-corrected chi connectivity index (χ4v) is 5.99. The molecule has 3 aromatic rings. The van der Waals surface area contributed by atoms with E-state index in [4.69, 9.17) is 4.74 Å². The first-order valence-corrected chi connectivity index (χ1v) is 12.8. The third kappa shape index (κ3) is 4.92. The van der Waals surface area contributed by atoms with E-state index in [1.54, 1.807) is 32.2 Å². The smallest absolute Gasteiger partial charge is 0.243 e. The number of rotatable bonds is 7. The van der Waals surface area contributed by atoms with Crippen LogP contribution in [0.3, 0.4) is 0 Å². The number of benzene rings is 2. The quantitative estimate of drug-likeness (QED) is 0.504. The van der Waals surface area contributed by atoms with Gasteiger partial charge in [0.25, 0.3) is 0 Å². The Morgan fingerprint density at radius 3 is 2.72 bits per heavy atom. The van der Waals surface area contributed by atoms with Crippen LogP contribution >= 0.6 is 11.8 Å². The molecule has 0 bridgehead atoms. The molecule has 8 nitrogen and oxygen atoms in total. The van der Waals surface area contributed by atoms with E-state index in [9.17, 15) is 13.2 Å². The third-order valence-electron chi connectivity index (χ3n) is 5.38. The number of nitrogens with one attached hydrogen (secondary N) is 2. The number of aromatic amines is 1. The van der Waals surface area contributed by atoms with Crippen molar-refractivity contribution in [2.24, 2.45) is 0 Å². The highest BCUT2D eigenvalue weighted by atomic mass is 32.2. The number of methoxy groups -OCH3 is 1. The number of aromatic nitrogens is 2. The topological polar surface area (TPSA) is 104 Å². The molecule has 0 radical (unpaired) electrons. The molecule has 0 unspecified atom stereocenters. The third-order valence-corrected chi connectivity index (χ3v) is 8.26. The van der Waals surface area contributed by atoms with Crippen molar-refractivity contribution in [2.45, 2.75) is 41.5 Å². The van der Waals surface area contributed by atoms with Crippen LogP contribution in [0.5, 0.6) is 5.75 Å². The molecule has 32 heavy (non-hydrogen) atoms. The number of amides is 1. The Morgan fingerprint density at radius 2 is 1.97 bits per heavy atom. The Hall–Kier alpha value is -2.56. The van der Waals surface area contributed by atoms with E-state index in [2.05, 4.69) is 15.3 Å². The summed E-state index contributed by atoms with van der Waals surface area (Å²) in [6.07, 6.45) is 2.80. The number of hydrogen-bond acceptors (Lipinski definition) is 6. The summed E-state index contributed by atoms with van der Waals surface area (Å²) >= 11 is 1.30. The van der Waals surface area contributed by atoms with Crippen LogP contribution < -0.4 is 10.1 Å². The number of carbonyl (C=O) groups excluding carboxylic acids is 1. The van der Waals surface area contributed by atoms with Gasteiger partial charge in [-0.2, -0.15) is 4.31 Å². The minimum atomic E-state index is -3.56. The molecule has 1 fully saturated rings. The Bertz CT molecular complexity index is 1220. The molecule has 1 amide bonds. The largest absolute Gasteiger partial charge is 0.497 e. The van der Waals surface area contributed by atoms with Crippen LogP contribution in [0, 0.1) is 0 Å². The molecule has 1 atom stereocenters.